The average molecular weight is 186 g/mol. The molecule has 1 saturated heterocycles. The lowest BCUT2D eigenvalue weighted by molar-refractivity contribution is -0.215. The standard InChI is InChI=1S/C10H18O3/c1-6-5-12-10(13-9(4)11)8(3)7(6)2/h6-8,10H,5H2,1-4H3. The van der Waals surface area contributed by atoms with E-state index in [1.807, 2.05) is 0 Å². The molecule has 1 aliphatic heterocycles. The van der Waals surface area contributed by atoms with Gasteiger partial charge in [0.05, 0.1) is 6.61 Å². The fraction of sp³-hybridized carbons (Fsp3) is 0.900. The highest BCUT2D eigenvalue weighted by Crippen LogP contribution is 2.31. The van der Waals surface area contributed by atoms with Gasteiger partial charge in [0.15, 0.2) is 0 Å². The molecule has 1 rings (SSSR count). The van der Waals surface area contributed by atoms with Crippen LogP contribution in [0.15, 0.2) is 0 Å². The molecule has 3 nitrogen and oxygen atoms in total. The van der Waals surface area contributed by atoms with E-state index in [1.165, 1.54) is 6.92 Å². The maximum atomic E-state index is 10.7. The molecule has 76 valence electrons. The van der Waals surface area contributed by atoms with Gasteiger partial charge in [-0.1, -0.05) is 20.8 Å². The first-order chi connectivity index (χ1) is 6.02. The molecule has 0 aliphatic carbocycles. The first-order valence-corrected chi connectivity index (χ1v) is 4.81. The summed E-state index contributed by atoms with van der Waals surface area (Å²) in [6, 6.07) is 0. The van der Waals surface area contributed by atoms with Crippen LogP contribution in [0.1, 0.15) is 27.7 Å². The fourth-order valence-corrected chi connectivity index (χ4v) is 1.62. The maximum Gasteiger partial charge on any atom is 0.304 e. The Kier molecular flexibility index (Phi) is 3.31. The Morgan fingerprint density at radius 2 is 1.92 bits per heavy atom. The third kappa shape index (κ3) is 2.44. The zero-order valence-electron chi connectivity index (χ0n) is 8.74. The molecule has 0 bridgehead atoms. The van der Waals surface area contributed by atoms with Crippen molar-refractivity contribution in [1.82, 2.24) is 0 Å². The lowest BCUT2D eigenvalue weighted by Crippen LogP contribution is -2.40. The second kappa shape index (κ2) is 4.09. The highest BCUT2D eigenvalue weighted by atomic mass is 16.7. The van der Waals surface area contributed by atoms with E-state index in [0.717, 1.165) is 0 Å². The van der Waals surface area contributed by atoms with Gasteiger partial charge < -0.3 is 9.47 Å². The van der Waals surface area contributed by atoms with Gasteiger partial charge in [0.25, 0.3) is 0 Å². The van der Waals surface area contributed by atoms with Crippen molar-refractivity contribution in [3.05, 3.63) is 0 Å². The van der Waals surface area contributed by atoms with Crippen LogP contribution < -0.4 is 0 Å². The third-order valence-electron chi connectivity index (χ3n) is 2.96. The van der Waals surface area contributed by atoms with Gasteiger partial charge in [0, 0.05) is 12.8 Å². The van der Waals surface area contributed by atoms with Crippen molar-refractivity contribution in [2.75, 3.05) is 6.61 Å². The molecule has 0 amide bonds. The number of ether oxygens (including phenoxy) is 2. The molecular weight excluding hydrogens is 168 g/mol. The molecule has 1 aliphatic rings. The zero-order chi connectivity index (χ0) is 10.0. The predicted octanol–water partition coefficient (Wildman–Crippen LogP) is 1.81. The lowest BCUT2D eigenvalue weighted by atomic mass is 9.83. The molecule has 0 aromatic heterocycles. The van der Waals surface area contributed by atoms with Crippen molar-refractivity contribution in [1.29, 1.82) is 0 Å². The lowest BCUT2D eigenvalue weighted by Gasteiger charge is -2.37. The molecule has 0 radical (unpaired) electrons. The van der Waals surface area contributed by atoms with E-state index in [0.29, 0.717) is 18.4 Å². The normalized spacial score (nSPS) is 40.0. The molecule has 4 atom stereocenters. The average Bonchev–Trinajstić information content (AvgIpc) is 2.06. The van der Waals surface area contributed by atoms with Crippen LogP contribution in [0.3, 0.4) is 0 Å². The van der Waals surface area contributed by atoms with Gasteiger partial charge in [-0.3, -0.25) is 4.79 Å². The number of hydrogen-bond acceptors (Lipinski definition) is 3. The largest absolute Gasteiger partial charge is 0.436 e. The summed E-state index contributed by atoms with van der Waals surface area (Å²) in [5.74, 6) is 1.10. The summed E-state index contributed by atoms with van der Waals surface area (Å²) >= 11 is 0. The first kappa shape index (κ1) is 10.5. The molecule has 13 heavy (non-hydrogen) atoms. The van der Waals surface area contributed by atoms with Gasteiger partial charge in [0.2, 0.25) is 6.29 Å². The summed E-state index contributed by atoms with van der Waals surface area (Å²) in [5, 5.41) is 0. The van der Waals surface area contributed by atoms with E-state index in [1.54, 1.807) is 0 Å². The van der Waals surface area contributed by atoms with Gasteiger partial charge in [0.1, 0.15) is 0 Å². The predicted molar refractivity (Wildman–Crippen MR) is 49.0 cm³/mol. The van der Waals surface area contributed by atoms with Crippen LogP contribution in [0.5, 0.6) is 0 Å². The maximum absolute atomic E-state index is 10.7. The van der Waals surface area contributed by atoms with Crippen LogP contribution in [0.2, 0.25) is 0 Å². The van der Waals surface area contributed by atoms with E-state index in [2.05, 4.69) is 20.8 Å². The molecule has 0 aromatic rings. The van der Waals surface area contributed by atoms with Crippen molar-refractivity contribution < 1.29 is 14.3 Å². The SMILES string of the molecule is CC(=O)OC1OCC(C)C(C)C1C. The van der Waals surface area contributed by atoms with E-state index < -0.39 is 0 Å². The second-order valence-electron chi connectivity index (χ2n) is 4.01. The molecule has 0 spiro atoms. The number of rotatable bonds is 1. The number of hydrogen-bond donors (Lipinski definition) is 0. The first-order valence-electron chi connectivity index (χ1n) is 4.81. The topological polar surface area (TPSA) is 35.5 Å². The van der Waals surface area contributed by atoms with Gasteiger partial charge in [-0.05, 0) is 11.8 Å². The molecule has 1 heterocycles. The van der Waals surface area contributed by atoms with Crippen molar-refractivity contribution in [2.24, 2.45) is 17.8 Å². The van der Waals surface area contributed by atoms with Crippen LogP contribution in [0.4, 0.5) is 0 Å². The third-order valence-corrected chi connectivity index (χ3v) is 2.96. The molecule has 4 unspecified atom stereocenters. The Bertz CT molecular complexity index is 191. The minimum Gasteiger partial charge on any atom is -0.436 e. The van der Waals surface area contributed by atoms with Gasteiger partial charge in [-0.25, -0.2) is 0 Å². The molecule has 1 fully saturated rings. The van der Waals surface area contributed by atoms with Crippen molar-refractivity contribution in [3.8, 4) is 0 Å². The molecule has 0 saturated carbocycles. The Morgan fingerprint density at radius 3 is 2.46 bits per heavy atom. The molecule has 0 N–H and O–H groups in total. The van der Waals surface area contributed by atoms with Crippen LogP contribution >= 0.6 is 0 Å². The zero-order valence-corrected chi connectivity index (χ0v) is 8.74. The minimum absolute atomic E-state index is 0.265. The number of carbonyl (C=O) groups excluding carboxylic acids is 1. The van der Waals surface area contributed by atoms with E-state index >= 15 is 0 Å². The fourth-order valence-electron chi connectivity index (χ4n) is 1.62. The van der Waals surface area contributed by atoms with Crippen LogP contribution in [-0.2, 0) is 14.3 Å². The van der Waals surface area contributed by atoms with Gasteiger partial charge in [-0.15, -0.1) is 0 Å². The summed E-state index contributed by atoms with van der Waals surface area (Å²) in [7, 11) is 0. The Labute approximate surface area is 79.4 Å². The number of esters is 1. The van der Waals surface area contributed by atoms with Crippen molar-refractivity contribution in [2.45, 2.75) is 34.0 Å². The quantitative estimate of drug-likeness (QED) is 0.586. The van der Waals surface area contributed by atoms with E-state index in [9.17, 15) is 4.79 Å². The summed E-state index contributed by atoms with van der Waals surface area (Å²) in [6.45, 7) is 8.50. The molecule has 0 aromatic carbocycles. The minimum atomic E-state index is -0.344. The number of carbonyl (C=O) groups is 1. The second-order valence-corrected chi connectivity index (χ2v) is 4.01. The summed E-state index contributed by atoms with van der Waals surface area (Å²) in [5.41, 5.74) is 0. The smallest absolute Gasteiger partial charge is 0.304 e. The summed E-state index contributed by atoms with van der Waals surface area (Å²) in [4.78, 5) is 10.7. The molecule has 3 heteroatoms. The van der Waals surface area contributed by atoms with Crippen LogP contribution in [0, 0.1) is 17.8 Å². The summed E-state index contributed by atoms with van der Waals surface area (Å²) in [6.07, 6.45) is -0.344. The van der Waals surface area contributed by atoms with Crippen LogP contribution in [0.25, 0.3) is 0 Å². The van der Waals surface area contributed by atoms with Crippen LogP contribution in [-0.4, -0.2) is 18.9 Å². The summed E-state index contributed by atoms with van der Waals surface area (Å²) < 4.78 is 10.5. The van der Waals surface area contributed by atoms with Crippen molar-refractivity contribution in [3.63, 3.8) is 0 Å². The Balaban J connectivity index is 2.53. The Hall–Kier alpha value is -0.570. The van der Waals surface area contributed by atoms with E-state index in [4.69, 9.17) is 9.47 Å². The highest BCUT2D eigenvalue weighted by molar-refractivity contribution is 5.66. The van der Waals surface area contributed by atoms with Gasteiger partial charge >= 0.3 is 5.97 Å². The highest BCUT2D eigenvalue weighted by Gasteiger charge is 2.34. The van der Waals surface area contributed by atoms with Crippen molar-refractivity contribution >= 4 is 5.97 Å². The monoisotopic (exact) mass is 186 g/mol. The van der Waals surface area contributed by atoms with E-state index in [-0.39, 0.29) is 18.2 Å². The van der Waals surface area contributed by atoms with Gasteiger partial charge in [-0.2, -0.15) is 0 Å². The molecular formula is C10H18O3. The Morgan fingerprint density at radius 1 is 1.31 bits per heavy atom.